The predicted octanol–water partition coefficient (Wildman–Crippen LogP) is 4.57. The monoisotopic (exact) mass is 445 g/mol. The van der Waals surface area contributed by atoms with Crippen molar-refractivity contribution in [2.75, 3.05) is 14.2 Å². The maximum atomic E-state index is 5.44. The molecule has 0 saturated heterocycles. The molecule has 2 rings (SSSR count). The Hall–Kier alpha value is -0.590. The molecule has 0 spiro atoms. The number of benzene rings is 2. The summed E-state index contributed by atoms with van der Waals surface area (Å²) in [7, 11) is 3.72. The van der Waals surface area contributed by atoms with Crippen LogP contribution in [0.2, 0.25) is 0 Å². The number of likely N-dealkylation sites (N-methyl/N-ethyl adjacent to an activating group) is 1. The standard InChI is InChI=1S/C16H17BrINO/c1-19-15(13-10-12(17)7-8-14(13)18)9-11-5-3-4-6-16(11)20-2/h3-8,10,15,19H,9H2,1-2H3. The van der Waals surface area contributed by atoms with Gasteiger partial charge >= 0.3 is 0 Å². The van der Waals surface area contributed by atoms with Gasteiger partial charge in [0.1, 0.15) is 5.75 Å². The van der Waals surface area contributed by atoms with E-state index in [1.54, 1.807) is 7.11 Å². The van der Waals surface area contributed by atoms with Crippen LogP contribution in [0.5, 0.6) is 5.75 Å². The summed E-state index contributed by atoms with van der Waals surface area (Å²) >= 11 is 5.94. The second-order valence-electron chi connectivity index (χ2n) is 4.52. The number of nitrogens with one attached hydrogen (secondary N) is 1. The Kier molecular flexibility index (Phi) is 5.86. The zero-order chi connectivity index (χ0) is 14.5. The van der Waals surface area contributed by atoms with E-state index in [-0.39, 0.29) is 6.04 Å². The third-order valence-electron chi connectivity index (χ3n) is 3.30. The van der Waals surface area contributed by atoms with E-state index in [2.05, 4.69) is 74.2 Å². The molecule has 106 valence electrons. The lowest BCUT2D eigenvalue weighted by Crippen LogP contribution is -2.20. The van der Waals surface area contributed by atoms with Crippen LogP contribution in [0.3, 0.4) is 0 Å². The van der Waals surface area contributed by atoms with Gasteiger partial charge in [0.25, 0.3) is 0 Å². The fraction of sp³-hybridized carbons (Fsp3) is 0.250. The SMILES string of the molecule is CNC(Cc1ccccc1OC)c1cc(Br)ccc1I. The van der Waals surface area contributed by atoms with Gasteiger partial charge in [0.05, 0.1) is 7.11 Å². The molecule has 0 aromatic heterocycles. The molecule has 2 nitrogen and oxygen atoms in total. The lowest BCUT2D eigenvalue weighted by Gasteiger charge is -2.20. The summed E-state index contributed by atoms with van der Waals surface area (Å²) in [5.41, 5.74) is 2.51. The van der Waals surface area contributed by atoms with E-state index in [1.807, 2.05) is 19.2 Å². The molecule has 0 saturated carbocycles. The van der Waals surface area contributed by atoms with Crippen molar-refractivity contribution < 1.29 is 4.74 Å². The van der Waals surface area contributed by atoms with Gasteiger partial charge in [-0.1, -0.05) is 34.1 Å². The second kappa shape index (κ2) is 7.43. The van der Waals surface area contributed by atoms with Crippen molar-refractivity contribution in [2.24, 2.45) is 0 Å². The summed E-state index contributed by atoms with van der Waals surface area (Å²) < 4.78 is 7.81. The molecule has 1 N–H and O–H groups in total. The fourth-order valence-electron chi connectivity index (χ4n) is 2.24. The van der Waals surface area contributed by atoms with Gasteiger partial charge in [0.2, 0.25) is 0 Å². The van der Waals surface area contributed by atoms with Gasteiger partial charge in [-0.05, 0) is 71.5 Å². The highest BCUT2D eigenvalue weighted by Gasteiger charge is 2.15. The zero-order valence-electron chi connectivity index (χ0n) is 11.5. The first-order valence-corrected chi connectivity index (χ1v) is 8.27. The van der Waals surface area contributed by atoms with Gasteiger partial charge in [-0.25, -0.2) is 0 Å². The Morgan fingerprint density at radius 2 is 2.00 bits per heavy atom. The van der Waals surface area contributed by atoms with Crippen LogP contribution in [0.4, 0.5) is 0 Å². The highest BCUT2D eigenvalue weighted by Crippen LogP contribution is 2.29. The second-order valence-corrected chi connectivity index (χ2v) is 6.60. The van der Waals surface area contributed by atoms with Crippen molar-refractivity contribution in [3.63, 3.8) is 0 Å². The van der Waals surface area contributed by atoms with E-state index >= 15 is 0 Å². The summed E-state index contributed by atoms with van der Waals surface area (Å²) in [6.45, 7) is 0. The average Bonchev–Trinajstić information content (AvgIpc) is 2.48. The number of rotatable bonds is 5. The van der Waals surface area contributed by atoms with Crippen LogP contribution in [0.1, 0.15) is 17.2 Å². The van der Waals surface area contributed by atoms with Gasteiger partial charge in [0, 0.05) is 14.1 Å². The molecule has 4 heteroatoms. The number of hydrogen-bond donors (Lipinski definition) is 1. The Bertz CT molecular complexity index is 588. The molecule has 2 aromatic carbocycles. The summed E-state index contributed by atoms with van der Waals surface area (Å²) in [4.78, 5) is 0. The van der Waals surface area contributed by atoms with E-state index in [0.29, 0.717) is 0 Å². The van der Waals surface area contributed by atoms with Gasteiger partial charge in [0.15, 0.2) is 0 Å². The molecule has 2 aromatic rings. The average molecular weight is 446 g/mol. The van der Waals surface area contributed by atoms with Crippen molar-refractivity contribution in [2.45, 2.75) is 12.5 Å². The van der Waals surface area contributed by atoms with E-state index < -0.39 is 0 Å². The summed E-state index contributed by atoms with van der Waals surface area (Å²) in [6, 6.07) is 14.8. The molecule has 0 aliphatic heterocycles. The lowest BCUT2D eigenvalue weighted by atomic mass is 9.98. The Labute approximate surface area is 142 Å². The number of hydrogen-bond acceptors (Lipinski definition) is 2. The normalized spacial score (nSPS) is 12.2. The van der Waals surface area contributed by atoms with E-state index in [9.17, 15) is 0 Å². The highest BCUT2D eigenvalue weighted by molar-refractivity contribution is 14.1. The van der Waals surface area contributed by atoms with Crippen LogP contribution in [0.15, 0.2) is 46.9 Å². The van der Waals surface area contributed by atoms with Crippen LogP contribution < -0.4 is 10.1 Å². The number of methoxy groups -OCH3 is 1. The summed E-state index contributed by atoms with van der Waals surface area (Å²) in [5, 5.41) is 3.41. The summed E-state index contributed by atoms with van der Waals surface area (Å²) in [6.07, 6.45) is 0.896. The molecule has 0 aliphatic carbocycles. The molecule has 20 heavy (non-hydrogen) atoms. The minimum absolute atomic E-state index is 0.260. The largest absolute Gasteiger partial charge is 0.496 e. The number of halogens is 2. The van der Waals surface area contributed by atoms with Gasteiger partial charge < -0.3 is 10.1 Å². The minimum Gasteiger partial charge on any atom is -0.496 e. The van der Waals surface area contributed by atoms with Crippen LogP contribution in [0, 0.1) is 3.57 Å². The quantitative estimate of drug-likeness (QED) is 0.681. The summed E-state index contributed by atoms with van der Waals surface area (Å²) in [5.74, 6) is 0.942. The van der Waals surface area contributed by atoms with Gasteiger partial charge in [-0.2, -0.15) is 0 Å². The minimum atomic E-state index is 0.260. The third kappa shape index (κ3) is 3.74. The maximum Gasteiger partial charge on any atom is 0.122 e. The van der Waals surface area contributed by atoms with Crippen molar-refractivity contribution in [1.29, 1.82) is 0 Å². The molecule has 0 fully saturated rings. The smallest absolute Gasteiger partial charge is 0.122 e. The molecule has 1 atom stereocenters. The molecular weight excluding hydrogens is 429 g/mol. The van der Waals surface area contributed by atoms with Crippen LogP contribution >= 0.6 is 38.5 Å². The molecular formula is C16H17BrINO. The number of ether oxygens (including phenoxy) is 1. The van der Waals surface area contributed by atoms with Crippen molar-refractivity contribution in [1.82, 2.24) is 5.32 Å². The zero-order valence-corrected chi connectivity index (χ0v) is 15.2. The fourth-order valence-corrected chi connectivity index (χ4v) is 3.33. The van der Waals surface area contributed by atoms with E-state index in [0.717, 1.165) is 16.6 Å². The van der Waals surface area contributed by atoms with Crippen LogP contribution in [0.25, 0.3) is 0 Å². The molecule has 1 unspecified atom stereocenters. The van der Waals surface area contributed by atoms with Crippen LogP contribution in [-0.2, 0) is 6.42 Å². The number of para-hydroxylation sites is 1. The highest BCUT2D eigenvalue weighted by atomic mass is 127. The molecule has 0 radical (unpaired) electrons. The van der Waals surface area contributed by atoms with Crippen molar-refractivity contribution >= 4 is 38.5 Å². The third-order valence-corrected chi connectivity index (χ3v) is 4.77. The molecule has 0 heterocycles. The molecule has 0 amide bonds. The van der Waals surface area contributed by atoms with Crippen LogP contribution in [-0.4, -0.2) is 14.2 Å². The van der Waals surface area contributed by atoms with Crippen molar-refractivity contribution in [3.05, 3.63) is 61.6 Å². The predicted molar refractivity (Wildman–Crippen MR) is 95.4 cm³/mol. The Morgan fingerprint density at radius 1 is 1.25 bits per heavy atom. The van der Waals surface area contributed by atoms with Gasteiger partial charge in [-0.15, -0.1) is 0 Å². The molecule has 0 aliphatic rings. The first-order chi connectivity index (χ1) is 9.65. The topological polar surface area (TPSA) is 21.3 Å². The maximum absolute atomic E-state index is 5.44. The van der Waals surface area contributed by atoms with Gasteiger partial charge in [-0.3, -0.25) is 0 Å². The van der Waals surface area contributed by atoms with Crippen molar-refractivity contribution in [3.8, 4) is 5.75 Å². The first-order valence-electron chi connectivity index (χ1n) is 6.39. The Balaban J connectivity index is 2.31. The first kappa shape index (κ1) is 15.8. The Morgan fingerprint density at radius 3 is 2.70 bits per heavy atom. The van der Waals surface area contributed by atoms with E-state index in [4.69, 9.17) is 4.74 Å². The van der Waals surface area contributed by atoms with E-state index in [1.165, 1.54) is 14.7 Å². The lowest BCUT2D eigenvalue weighted by molar-refractivity contribution is 0.406. The molecule has 0 bridgehead atoms.